The number of rotatable bonds is 3. The number of para-hydroxylation sites is 1. The van der Waals surface area contributed by atoms with E-state index in [1.54, 1.807) is 12.4 Å². The summed E-state index contributed by atoms with van der Waals surface area (Å²) in [4.78, 5) is 22.6. The zero-order chi connectivity index (χ0) is 18.9. The molecule has 0 saturated heterocycles. The Morgan fingerprint density at radius 2 is 1.96 bits per heavy atom. The highest BCUT2D eigenvalue weighted by atomic mass is 16.3. The molecule has 0 spiro atoms. The lowest BCUT2D eigenvalue weighted by molar-refractivity contribution is -0.128. The second kappa shape index (κ2) is 6.85. The molecule has 1 atom stereocenters. The molecule has 0 fully saturated rings. The zero-order valence-corrected chi connectivity index (χ0v) is 15.2. The molecule has 0 unspecified atom stereocenters. The third-order valence-corrected chi connectivity index (χ3v) is 5.14. The van der Waals surface area contributed by atoms with Crippen LogP contribution in [0.4, 0.5) is 0 Å². The number of amides is 1. The molecule has 5 rings (SSSR count). The van der Waals surface area contributed by atoms with Gasteiger partial charge in [-0.3, -0.25) is 4.79 Å². The molecule has 0 radical (unpaired) electrons. The molecule has 28 heavy (non-hydrogen) atoms. The predicted molar refractivity (Wildman–Crippen MR) is 108 cm³/mol. The van der Waals surface area contributed by atoms with Gasteiger partial charge in [-0.2, -0.15) is 0 Å². The molecule has 0 saturated carbocycles. The van der Waals surface area contributed by atoms with Gasteiger partial charge < -0.3 is 14.3 Å². The first-order chi connectivity index (χ1) is 13.8. The lowest BCUT2D eigenvalue weighted by Gasteiger charge is -2.33. The first kappa shape index (κ1) is 16.6. The van der Waals surface area contributed by atoms with Crippen molar-refractivity contribution < 1.29 is 9.21 Å². The predicted octanol–water partition coefficient (Wildman–Crippen LogP) is 4.34. The number of furan rings is 1. The van der Waals surface area contributed by atoms with Crippen molar-refractivity contribution in [1.82, 2.24) is 14.9 Å². The summed E-state index contributed by atoms with van der Waals surface area (Å²) in [5, 5.41) is 1.02. The van der Waals surface area contributed by atoms with E-state index in [1.165, 1.54) is 0 Å². The number of benzene rings is 2. The Morgan fingerprint density at radius 1 is 1.14 bits per heavy atom. The van der Waals surface area contributed by atoms with Crippen molar-refractivity contribution in [2.45, 2.75) is 12.5 Å². The molecule has 0 bridgehead atoms. The molecule has 3 heterocycles. The summed E-state index contributed by atoms with van der Waals surface area (Å²) in [6.45, 7) is 0.606. The van der Waals surface area contributed by atoms with Gasteiger partial charge in [0.05, 0.1) is 12.0 Å². The number of imidazole rings is 1. The van der Waals surface area contributed by atoms with Crippen LogP contribution in [0.2, 0.25) is 0 Å². The van der Waals surface area contributed by atoms with Crippen LogP contribution in [-0.2, 0) is 11.2 Å². The minimum Gasteiger partial charge on any atom is -0.458 e. The van der Waals surface area contributed by atoms with Gasteiger partial charge in [0, 0.05) is 30.1 Å². The van der Waals surface area contributed by atoms with Gasteiger partial charge in [-0.25, -0.2) is 4.98 Å². The number of carbonyl (C=O) groups excluding carboxylic acids is 1. The van der Waals surface area contributed by atoms with Crippen LogP contribution in [0.3, 0.4) is 0 Å². The Labute approximate surface area is 162 Å². The molecule has 1 N–H and O–H groups in total. The van der Waals surface area contributed by atoms with Crippen molar-refractivity contribution in [2.24, 2.45) is 0 Å². The molecule has 138 valence electrons. The molecular weight excluding hydrogens is 350 g/mol. The number of H-pyrrole nitrogens is 1. The molecule has 4 aromatic rings. The van der Waals surface area contributed by atoms with Crippen LogP contribution >= 0.6 is 0 Å². The highest BCUT2D eigenvalue weighted by Gasteiger charge is 2.35. The van der Waals surface area contributed by atoms with E-state index in [-0.39, 0.29) is 11.9 Å². The van der Waals surface area contributed by atoms with Crippen molar-refractivity contribution in [2.75, 3.05) is 6.54 Å². The van der Waals surface area contributed by atoms with Gasteiger partial charge in [0.1, 0.15) is 17.4 Å². The fourth-order valence-electron chi connectivity index (χ4n) is 3.77. The lowest BCUT2D eigenvalue weighted by atomic mass is 10.00. The van der Waals surface area contributed by atoms with Gasteiger partial charge in [0.25, 0.3) is 0 Å². The fourth-order valence-corrected chi connectivity index (χ4v) is 3.77. The van der Waals surface area contributed by atoms with Crippen LogP contribution in [0, 0.1) is 0 Å². The van der Waals surface area contributed by atoms with E-state index >= 15 is 0 Å². The van der Waals surface area contributed by atoms with E-state index in [2.05, 4.69) is 9.97 Å². The Hall–Kier alpha value is -3.60. The molecule has 0 aliphatic carbocycles. The maximum absolute atomic E-state index is 13.1. The van der Waals surface area contributed by atoms with Crippen LogP contribution in [0.1, 0.15) is 28.8 Å². The second-order valence-corrected chi connectivity index (χ2v) is 6.88. The number of hydrogen-bond acceptors (Lipinski definition) is 3. The standard InChI is InChI=1S/C23H19N3O2/c27-21(11-10-16-6-2-1-3-7-16)26-13-12-18-22(25-15-24-18)23(26)20-14-17-8-4-5-9-19(17)28-20/h1-11,14-15,23H,12-13H2,(H,24,25)/b11-10+/t23-/m1/s1. The van der Waals surface area contributed by atoms with Crippen molar-refractivity contribution in [1.29, 1.82) is 0 Å². The summed E-state index contributed by atoms with van der Waals surface area (Å²) in [5.74, 6) is 0.679. The highest BCUT2D eigenvalue weighted by molar-refractivity contribution is 5.92. The number of fused-ring (bicyclic) bond motifs is 2. The third kappa shape index (κ3) is 2.91. The van der Waals surface area contributed by atoms with Gasteiger partial charge >= 0.3 is 0 Å². The monoisotopic (exact) mass is 369 g/mol. The van der Waals surface area contributed by atoms with Crippen LogP contribution in [0.25, 0.3) is 17.0 Å². The molecule has 2 aromatic heterocycles. The van der Waals surface area contributed by atoms with E-state index < -0.39 is 0 Å². The first-order valence-corrected chi connectivity index (χ1v) is 9.34. The van der Waals surface area contributed by atoms with Gasteiger partial charge in [-0.05, 0) is 23.8 Å². The summed E-state index contributed by atoms with van der Waals surface area (Å²) in [6.07, 6.45) is 5.91. The van der Waals surface area contributed by atoms with E-state index in [0.717, 1.165) is 40.1 Å². The number of nitrogens with zero attached hydrogens (tertiary/aromatic N) is 2. The average Bonchev–Trinajstić information content (AvgIpc) is 3.38. The number of carbonyl (C=O) groups is 1. The van der Waals surface area contributed by atoms with Crippen molar-refractivity contribution in [3.05, 3.63) is 95.8 Å². The lowest BCUT2D eigenvalue weighted by Crippen LogP contribution is -2.39. The topological polar surface area (TPSA) is 62.1 Å². The summed E-state index contributed by atoms with van der Waals surface area (Å²) in [5.41, 5.74) is 3.72. The molecule has 1 amide bonds. The molecule has 1 aliphatic rings. The molecule has 5 nitrogen and oxygen atoms in total. The molecule has 5 heteroatoms. The number of hydrogen-bond donors (Lipinski definition) is 1. The van der Waals surface area contributed by atoms with Crippen LogP contribution in [-0.4, -0.2) is 27.3 Å². The van der Waals surface area contributed by atoms with Gasteiger partial charge in [-0.1, -0.05) is 48.5 Å². The Bertz CT molecular complexity index is 1120. The van der Waals surface area contributed by atoms with Crippen molar-refractivity contribution in [3.8, 4) is 0 Å². The smallest absolute Gasteiger partial charge is 0.247 e. The minimum absolute atomic E-state index is 0.0528. The summed E-state index contributed by atoms with van der Waals surface area (Å²) in [7, 11) is 0. The Morgan fingerprint density at radius 3 is 2.82 bits per heavy atom. The third-order valence-electron chi connectivity index (χ3n) is 5.14. The number of nitrogens with one attached hydrogen (secondary N) is 1. The summed E-state index contributed by atoms with van der Waals surface area (Å²) >= 11 is 0. The minimum atomic E-state index is -0.338. The number of aromatic amines is 1. The normalized spacial score (nSPS) is 16.6. The maximum Gasteiger partial charge on any atom is 0.247 e. The quantitative estimate of drug-likeness (QED) is 0.546. The SMILES string of the molecule is O=C(/C=C/c1ccccc1)N1CCc2[nH]cnc2[C@H]1c1cc2ccccc2o1. The van der Waals surface area contributed by atoms with E-state index in [0.29, 0.717) is 6.54 Å². The van der Waals surface area contributed by atoms with Crippen LogP contribution < -0.4 is 0 Å². The van der Waals surface area contributed by atoms with Gasteiger partial charge in [0.15, 0.2) is 0 Å². The van der Waals surface area contributed by atoms with Crippen LogP contribution in [0.5, 0.6) is 0 Å². The van der Waals surface area contributed by atoms with E-state index in [1.807, 2.05) is 71.6 Å². The molecular formula is C23H19N3O2. The molecule has 1 aliphatic heterocycles. The highest BCUT2D eigenvalue weighted by Crippen LogP contribution is 2.36. The van der Waals surface area contributed by atoms with E-state index in [9.17, 15) is 4.79 Å². The largest absolute Gasteiger partial charge is 0.458 e. The van der Waals surface area contributed by atoms with Crippen molar-refractivity contribution >= 4 is 23.0 Å². The summed E-state index contributed by atoms with van der Waals surface area (Å²) in [6, 6.07) is 19.4. The number of aromatic nitrogens is 2. The Balaban J connectivity index is 1.53. The molecule has 2 aromatic carbocycles. The zero-order valence-electron chi connectivity index (χ0n) is 15.2. The fraction of sp³-hybridized carbons (Fsp3) is 0.130. The first-order valence-electron chi connectivity index (χ1n) is 9.34. The van der Waals surface area contributed by atoms with Crippen LogP contribution in [0.15, 0.2) is 77.5 Å². The van der Waals surface area contributed by atoms with Gasteiger partial charge in [-0.15, -0.1) is 0 Å². The maximum atomic E-state index is 13.1. The summed E-state index contributed by atoms with van der Waals surface area (Å²) < 4.78 is 6.11. The average molecular weight is 369 g/mol. The van der Waals surface area contributed by atoms with Crippen molar-refractivity contribution in [3.63, 3.8) is 0 Å². The van der Waals surface area contributed by atoms with Gasteiger partial charge in [0.2, 0.25) is 5.91 Å². The second-order valence-electron chi connectivity index (χ2n) is 6.88. The van der Waals surface area contributed by atoms with E-state index in [4.69, 9.17) is 4.42 Å². The Kier molecular flexibility index (Phi) is 4.05.